The van der Waals surface area contributed by atoms with Crippen LogP contribution in [0.1, 0.15) is 5.56 Å². The quantitative estimate of drug-likeness (QED) is 0.842. The van der Waals surface area contributed by atoms with E-state index in [1.807, 2.05) is 6.26 Å². The first-order chi connectivity index (χ1) is 10.6. The summed E-state index contributed by atoms with van der Waals surface area (Å²) < 4.78 is 11.5. The normalized spacial score (nSPS) is 15.7. The molecule has 0 aromatic heterocycles. The van der Waals surface area contributed by atoms with E-state index in [1.165, 1.54) is 0 Å². The van der Waals surface area contributed by atoms with Crippen LogP contribution in [0.15, 0.2) is 12.1 Å². The number of phenolic OH excluding ortho intramolecular Hbond substituents is 1. The molecule has 1 aliphatic rings. The number of phenols is 1. The lowest BCUT2D eigenvalue weighted by atomic mass is 10.1. The third-order valence-electron chi connectivity index (χ3n) is 3.80. The van der Waals surface area contributed by atoms with Gasteiger partial charge in [-0.15, -0.1) is 11.8 Å². The molecule has 7 heteroatoms. The molecule has 0 saturated carbocycles. The minimum Gasteiger partial charge on any atom is -0.507 e. The summed E-state index contributed by atoms with van der Waals surface area (Å²) in [7, 11) is 3.17. The second-order valence-corrected chi connectivity index (χ2v) is 6.50. The van der Waals surface area contributed by atoms with Gasteiger partial charge >= 0.3 is 0 Å². The van der Waals surface area contributed by atoms with Crippen molar-refractivity contribution in [2.75, 3.05) is 46.7 Å². The summed E-state index contributed by atoms with van der Waals surface area (Å²) in [5.41, 5.74) is 0.796. The predicted octanol–water partition coefficient (Wildman–Crippen LogP) is 2.17. The molecule has 0 atom stereocenters. The zero-order valence-electron chi connectivity index (χ0n) is 13.2. The molecule has 22 heavy (non-hydrogen) atoms. The second kappa shape index (κ2) is 7.89. The van der Waals surface area contributed by atoms with E-state index in [4.69, 9.17) is 21.7 Å². The summed E-state index contributed by atoms with van der Waals surface area (Å²) in [4.78, 5) is 4.52. The molecule has 1 heterocycles. The smallest absolute Gasteiger partial charge is 0.136 e. The van der Waals surface area contributed by atoms with Gasteiger partial charge < -0.3 is 19.5 Å². The molecule has 2 rings (SSSR count). The average molecular weight is 342 g/mol. The predicted molar refractivity (Wildman–Crippen MR) is 94.2 cm³/mol. The van der Waals surface area contributed by atoms with Gasteiger partial charge in [-0.25, -0.2) is 0 Å². The number of methoxy groups -OCH3 is 2. The SMILES string of the molecule is COc1cc(O)c(CN2CCN(C(=S)SC)CC2)c(OC)c1. The fourth-order valence-electron chi connectivity index (χ4n) is 2.51. The number of thioether (sulfide) groups is 1. The van der Waals surface area contributed by atoms with Crippen LogP contribution in [0.4, 0.5) is 0 Å². The molecular weight excluding hydrogens is 320 g/mol. The molecule has 0 bridgehead atoms. The molecule has 1 saturated heterocycles. The van der Waals surface area contributed by atoms with Crippen molar-refractivity contribution in [2.24, 2.45) is 0 Å². The lowest BCUT2D eigenvalue weighted by molar-refractivity contribution is 0.175. The van der Waals surface area contributed by atoms with E-state index in [2.05, 4.69) is 9.80 Å². The Bertz CT molecular complexity index is 532. The maximum absolute atomic E-state index is 10.2. The van der Waals surface area contributed by atoms with Crippen molar-refractivity contribution >= 4 is 28.3 Å². The number of rotatable bonds is 4. The van der Waals surface area contributed by atoms with Gasteiger partial charge in [-0.1, -0.05) is 12.2 Å². The van der Waals surface area contributed by atoms with E-state index in [0.29, 0.717) is 18.0 Å². The van der Waals surface area contributed by atoms with Gasteiger partial charge in [0.25, 0.3) is 0 Å². The van der Waals surface area contributed by atoms with Crippen molar-refractivity contribution in [3.8, 4) is 17.2 Å². The largest absolute Gasteiger partial charge is 0.507 e. The van der Waals surface area contributed by atoms with Crippen molar-refractivity contribution in [3.63, 3.8) is 0 Å². The summed E-state index contributed by atoms with van der Waals surface area (Å²) in [5.74, 6) is 1.45. The Morgan fingerprint density at radius 2 is 1.91 bits per heavy atom. The third-order valence-corrected chi connectivity index (χ3v) is 5.17. The monoisotopic (exact) mass is 342 g/mol. The number of hydrogen-bond donors (Lipinski definition) is 1. The van der Waals surface area contributed by atoms with E-state index in [0.717, 1.165) is 36.1 Å². The molecule has 5 nitrogen and oxygen atoms in total. The summed E-state index contributed by atoms with van der Waals surface area (Å²) >= 11 is 6.94. The van der Waals surface area contributed by atoms with Crippen molar-refractivity contribution in [1.82, 2.24) is 9.80 Å². The zero-order chi connectivity index (χ0) is 16.1. The summed E-state index contributed by atoms with van der Waals surface area (Å²) in [6, 6.07) is 3.42. The van der Waals surface area contributed by atoms with E-state index < -0.39 is 0 Å². The van der Waals surface area contributed by atoms with Gasteiger partial charge in [0, 0.05) is 44.9 Å². The minimum atomic E-state index is 0.207. The van der Waals surface area contributed by atoms with E-state index >= 15 is 0 Å². The Hall–Kier alpha value is -1.18. The number of nitrogens with zero attached hydrogens (tertiary/aromatic N) is 2. The number of hydrogen-bond acceptors (Lipinski definition) is 6. The van der Waals surface area contributed by atoms with Crippen LogP contribution in [-0.2, 0) is 6.54 Å². The van der Waals surface area contributed by atoms with Gasteiger partial charge in [-0.3, -0.25) is 4.90 Å². The summed E-state index contributed by atoms with van der Waals surface area (Å²) in [5, 5.41) is 10.2. The Balaban J connectivity index is 2.04. The standard InChI is InChI=1S/C15H22N2O3S2/c1-19-11-8-13(18)12(14(9-11)20-2)10-16-4-6-17(7-5-16)15(21)22-3/h8-9,18H,4-7,10H2,1-3H3. The molecule has 1 aromatic rings. The molecule has 0 amide bonds. The van der Waals surface area contributed by atoms with E-state index in [-0.39, 0.29) is 5.75 Å². The fraction of sp³-hybridized carbons (Fsp3) is 0.533. The van der Waals surface area contributed by atoms with Gasteiger partial charge in [0.1, 0.15) is 21.6 Å². The van der Waals surface area contributed by atoms with Crippen molar-refractivity contribution < 1.29 is 14.6 Å². The average Bonchev–Trinajstić information content (AvgIpc) is 2.56. The molecule has 1 aliphatic heterocycles. The lowest BCUT2D eigenvalue weighted by Crippen LogP contribution is -2.47. The highest BCUT2D eigenvalue weighted by molar-refractivity contribution is 8.22. The number of thiocarbonyl (C=S) groups is 1. The van der Waals surface area contributed by atoms with Crippen LogP contribution >= 0.6 is 24.0 Å². The molecule has 1 fully saturated rings. The highest BCUT2D eigenvalue weighted by Crippen LogP contribution is 2.34. The van der Waals surface area contributed by atoms with Crippen LogP contribution in [0.2, 0.25) is 0 Å². The maximum Gasteiger partial charge on any atom is 0.136 e. The van der Waals surface area contributed by atoms with E-state index in [1.54, 1.807) is 38.1 Å². The van der Waals surface area contributed by atoms with Crippen LogP contribution in [0.5, 0.6) is 17.2 Å². The number of ether oxygens (including phenoxy) is 2. The first-order valence-corrected chi connectivity index (χ1v) is 8.71. The summed E-state index contributed by atoms with van der Waals surface area (Å²) in [6.45, 7) is 4.31. The number of aromatic hydroxyl groups is 1. The van der Waals surface area contributed by atoms with Crippen molar-refractivity contribution in [1.29, 1.82) is 0 Å². The highest BCUT2D eigenvalue weighted by Gasteiger charge is 2.21. The Morgan fingerprint density at radius 1 is 1.23 bits per heavy atom. The highest BCUT2D eigenvalue weighted by atomic mass is 32.2. The molecule has 0 spiro atoms. The van der Waals surface area contributed by atoms with Gasteiger partial charge in [0.15, 0.2) is 0 Å². The fourth-order valence-corrected chi connectivity index (χ4v) is 3.13. The Kier molecular flexibility index (Phi) is 6.16. The Labute approximate surface area is 141 Å². The molecule has 1 N–H and O–H groups in total. The van der Waals surface area contributed by atoms with Crippen molar-refractivity contribution in [2.45, 2.75) is 6.54 Å². The molecule has 122 valence electrons. The van der Waals surface area contributed by atoms with E-state index in [9.17, 15) is 5.11 Å². The van der Waals surface area contributed by atoms with Crippen LogP contribution in [-0.4, -0.2) is 65.9 Å². The second-order valence-electron chi connectivity index (χ2n) is 5.06. The topological polar surface area (TPSA) is 45.2 Å². The van der Waals surface area contributed by atoms with Crippen molar-refractivity contribution in [3.05, 3.63) is 17.7 Å². The lowest BCUT2D eigenvalue weighted by Gasteiger charge is -2.35. The van der Waals surface area contributed by atoms with Crippen LogP contribution in [0.3, 0.4) is 0 Å². The Morgan fingerprint density at radius 3 is 2.45 bits per heavy atom. The number of piperazine rings is 1. The maximum atomic E-state index is 10.2. The number of benzene rings is 1. The van der Waals surface area contributed by atoms with Gasteiger partial charge in [-0.05, 0) is 6.26 Å². The molecule has 0 unspecified atom stereocenters. The molecular formula is C15H22N2O3S2. The van der Waals surface area contributed by atoms with Gasteiger partial charge in [-0.2, -0.15) is 0 Å². The first kappa shape index (κ1) is 17.2. The zero-order valence-corrected chi connectivity index (χ0v) is 14.8. The van der Waals surface area contributed by atoms with Gasteiger partial charge in [0.2, 0.25) is 0 Å². The first-order valence-electron chi connectivity index (χ1n) is 7.08. The minimum absolute atomic E-state index is 0.207. The van der Waals surface area contributed by atoms with Crippen LogP contribution in [0.25, 0.3) is 0 Å². The molecule has 1 aromatic carbocycles. The molecule has 0 radical (unpaired) electrons. The van der Waals surface area contributed by atoms with Gasteiger partial charge in [0.05, 0.1) is 19.8 Å². The van der Waals surface area contributed by atoms with Crippen LogP contribution < -0.4 is 9.47 Å². The molecule has 0 aliphatic carbocycles. The van der Waals surface area contributed by atoms with Crippen LogP contribution in [0, 0.1) is 0 Å². The third kappa shape index (κ3) is 3.97. The summed E-state index contributed by atoms with van der Waals surface area (Å²) in [6.07, 6.45) is 2.01.